The maximum Gasteiger partial charge on any atom is 0.0334 e. The summed E-state index contributed by atoms with van der Waals surface area (Å²) in [6, 6.07) is 0. The fraction of sp³-hybridized carbons (Fsp3) is 0.667. The zero-order chi connectivity index (χ0) is 11.5. The molecule has 0 bridgehead atoms. The minimum Gasteiger partial charge on any atom is -0.330 e. The van der Waals surface area contributed by atoms with E-state index in [0.717, 1.165) is 31.1 Å². The average molecular weight is 256 g/mol. The zero-order valence-corrected chi connectivity index (χ0v) is 11.7. The van der Waals surface area contributed by atoms with E-state index in [1.165, 1.54) is 6.54 Å². The third-order valence-electron chi connectivity index (χ3n) is 3.15. The van der Waals surface area contributed by atoms with Gasteiger partial charge in [0.1, 0.15) is 0 Å². The second-order valence-corrected chi connectivity index (χ2v) is 6.49. The summed E-state index contributed by atoms with van der Waals surface area (Å²) in [5.74, 6) is 2.22. The molecule has 0 aromatic carbocycles. The van der Waals surface area contributed by atoms with Crippen LogP contribution in [0, 0.1) is 6.92 Å². The van der Waals surface area contributed by atoms with Crippen molar-refractivity contribution in [2.24, 2.45) is 5.73 Å². The van der Waals surface area contributed by atoms with Crippen LogP contribution in [0.3, 0.4) is 0 Å². The molecule has 1 aromatic rings. The van der Waals surface area contributed by atoms with Crippen LogP contribution in [0.5, 0.6) is 0 Å². The fourth-order valence-corrected chi connectivity index (χ4v) is 4.45. The van der Waals surface area contributed by atoms with Crippen LogP contribution < -0.4 is 5.73 Å². The van der Waals surface area contributed by atoms with Gasteiger partial charge in [-0.25, -0.2) is 0 Å². The van der Waals surface area contributed by atoms with Crippen LogP contribution in [0.15, 0.2) is 0 Å². The molecule has 90 valence electrons. The monoisotopic (exact) mass is 256 g/mol. The Balaban J connectivity index is 2.03. The Labute approximate surface area is 106 Å². The van der Waals surface area contributed by atoms with E-state index in [0.29, 0.717) is 0 Å². The van der Waals surface area contributed by atoms with Gasteiger partial charge in [0.15, 0.2) is 0 Å². The van der Waals surface area contributed by atoms with Gasteiger partial charge in [0.2, 0.25) is 0 Å². The topological polar surface area (TPSA) is 29.3 Å². The third-order valence-corrected chi connectivity index (χ3v) is 5.66. The van der Waals surface area contributed by atoms with Gasteiger partial charge in [-0.2, -0.15) is 11.8 Å². The Kier molecular flexibility index (Phi) is 4.30. The standard InChI is InChI=1S/C12H20N2S2/c1-3-14-6-10-9(2)12(8-15-5-4-13)16-11(10)7-14/h3-8,13H2,1-2H3. The zero-order valence-electron chi connectivity index (χ0n) is 10.1. The molecule has 0 fully saturated rings. The van der Waals surface area contributed by atoms with Crippen molar-refractivity contribution in [3.63, 3.8) is 0 Å². The number of hydrogen-bond donors (Lipinski definition) is 1. The number of thioether (sulfide) groups is 1. The van der Waals surface area contributed by atoms with Gasteiger partial charge in [0.25, 0.3) is 0 Å². The predicted molar refractivity (Wildman–Crippen MR) is 74.1 cm³/mol. The molecule has 2 heterocycles. The van der Waals surface area contributed by atoms with Crippen molar-refractivity contribution in [3.8, 4) is 0 Å². The summed E-state index contributed by atoms with van der Waals surface area (Å²) < 4.78 is 0. The molecule has 0 radical (unpaired) electrons. The van der Waals surface area contributed by atoms with E-state index in [4.69, 9.17) is 5.73 Å². The summed E-state index contributed by atoms with van der Waals surface area (Å²) in [6.07, 6.45) is 0. The SMILES string of the molecule is CCN1Cc2sc(CSCCN)c(C)c2C1. The van der Waals surface area contributed by atoms with Crippen LogP contribution in [-0.2, 0) is 18.8 Å². The highest BCUT2D eigenvalue weighted by Crippen LogP contribution is 2.36. The molecule has 0 saturated carbocycles. The molecule has 4 heteroatoms. The molecular formula is C12H20N2S2. The molecule has 1 aromatic heterocycles. The summed E-state index contributed by atoms with van der Waals surface area (Å²) in [5.41, 5.74) is 8.66. The molecule has 0 spiro atoms. The highest BCUT2D eigenvalue weighted by Gasteiger charge is 2.23. The molecule has 2 N–H and O–H groups in total. The lowest BCUT2D eigenvalue weighted by molar-refractivity contribution is 0.301. The number of nitrogens with zero attached hydrogens (tertiary/aromatic N) is 1. The van der Waals surface area contributed by atoms with E-state index >= 15 is 0 Å². The first-order valence-corrected chi connectivity index (χ1v) is 7.83. The Morgan fingerprint density at radius 1 is 1.44 bits per heavy atom. The van der Waals surface area contributed by atoms with Gasteiger partial charge in [0, 0.05) is 40.9 Å². The third kappa shape index (κ3) is 2.45. The lowest BCUT2D eigenvalue weighted by Crippen LogP contribution is -2.15. The van der Waals surface area contributed by atoms with Crippen LogP contribution in [0.2, 0.25) is 0 Å². The molecule has 16 heavy (non-hydrogen) atoms. The molecule has 0 atom stereocenters. The molecule has 1 aliphatic rings. The highest BCUT2D eigenvalue weighted by molar-refractivity contribution is 7.98. The second-order valence-electron chi connectivity index (χ2n) is 4.20. The van der Waals surface area contributed by atoms with Gasteiger partial charge in [-0.1, -0.05) is 6.92 Å². The van der Waals surface area contributed by atoms with E-state index < -0.39 is 0 Å². The number of nitrogens with two attached hydrogens (primary N) is 1. The normalized spacial score (nSPS) is 15.7. The smallest absolute Gasteiger partial charge is 0.0334 e. The van der Waals surface area contributed by atoms with Gasteiger partial charge >= 0.3 is 0 Å². The van der Waals surface area contributed by atoms with E-state index in [2.05, 4.69) is 18.7 Å². The predicted octanol–water partition coefficient (Wildman–Crippen LogP) is 2.58. The molecule has 0 amide bonds. The van der Waals surface area contributed by atoms with E-state index in [1.807, 2.05) is 23.1 Å². The first-order valence-electron chi connectivity index (χ1n) is 5.86. The Morgan fingerprint density at radius 3 is 2.88 bits per heavy atom. The van der Waals surface area contributed by atoms with Crippen molar-refractivity contribution in [1.82, 2.24) is 4.90 Å². The van der Waals surface area contributed by atoms with Crippen molar-refractivity contribution in [2.45, 2.75) is 32.7 Å². The molecular weight excluding hydrogens is 236 g/mol. The largest absolute Gasteiger partial charge is 0.330 e. The van der Waals surface area contributed by atoms with Crippen molar-refractivity contribution in [1.29, 1.82) is 0 Å². The summed E-state index contributed by atoms with van der Waals surface area (Å²) in [7, 11) is 0. The van der Waals surface area contributed by atoms with Gasteiger partial charge < -0.3 is 5.73 Å². The molecule has 1 aliphatic heterocycles. The Bertz CT molecular complexity index is 360. The first kappa shape index (κ1) is 12.4. The fourth-order valence-electron chi connectivity index (χ4n) is 2.09. The van der Waals surface area contributed by atoms with Crippen LogP contribution in [0.4, 0.5) is 0 Å². The number of thiophene rings is 1. The Morgan fingerprint density at radius 2 is 2.25 bits per heavy atom. The van der Waals surface area contributed by atoms with Crippen LogP contribution in [-0.4, -0.2) is 23.7 Å². The summed E-state index contributed by atoms with van der Waals surface area (Å²) in [4.78, 5) is 5.67. The molecule has 0 saturated heterocycles. The van der Waals surface area contributed by atoms with Crippen molar-refractivity contribution in [2.75, 3.05) is 18.8 Å². The molecule has 0 unspecified atom stereocenters. The maximum absolute atomic E-state index is 5.52. The molecule has 0 aliphatic carbocycles. The van der Waals surface area contributed by atoms with Crippen LogP contribution in [0.25, 0.3) is 0 Å². The first-order chi connectivity index (χ1) is 7.76. The van der Waals surface area contributed by atoms with Crippen molar-refractivity contribution >= 4 is 23.1 Å². The minimum absolute atomic E-state index is 0.790. The number of rotatable bonds is 5. The second kappa shape index (κ2) is 5.54. The summed E-state index contributed by atoms with van der Waals surface area (Å²) >= 11 is 3.97. The Hall–Kier alpha value is -0.0300. The highest BCUT2D eigenvalue weighted by atomic mass is 32.2. The van der Waals surface area contributed by atoms with E-state index in [9.17, 15) is 0 Å². The number of fused-ring (bicyclic) bond motifs is 1. The van der Waals surface area contributed by atoms with E-state index in [-0.39, 0.29) is 0 Å². The number of hydrogen-bond acceptors (Lipinski definition) is 4. The molecule has 2 nitrogen and oxygen atoms in total. The van der Waals surface area contributed by atoms with Gasteiger partial charge in [0.05, 0.1) is 0 Å². The van der Waals surface area contributed by atoms with Gasteiger partial charge in [-0.05, 0) is 24.6 Å². The lowest BCUT2D eigenvalue weighted by atomic mass is 10.1. The summed E-state index contributed by atoms with van der Waals surface area (Å²) in [5, 5.41) is 0. The van der Waals surface area contributed by atoms with Crippen molar-refractivity contribution < 1.29 is 0 Å². The minimum atomic E-state index is 0.790. The van der Waals surface area contributed by atoms with Gasteiger partial charge in [-0.3, -0.25) is 4.90 Å². The molecule has 2 rings (SSSR count). The van der Waals surface area contributed by atoms with Crippen LogP contribution in [0.1, 0.15) is 27.8 Å². The summed E-state index contributed by atoms with van der Waals surface area (Å²) in [6.45, 7) is 8.81. The maximum atomic E-state index is 5.52. The van der Waals surface area contributed by atoms with Gasteiger partial charge in [-0.15, -0.1) is 11.3 Å². The van der Waals surface area contributed by atoms with E-state index in [1.54, 1.807) is 20.9 Å². The lowest BCUT2D eigenvalue weighted by Gasteiger charge is -2.11. The van der Waals surface area contributed by atoms with Crippen LogP contribution >= 0.6 is 23.1 Å². The van der Waals surface area contributed by atoms with Crippen molar-refractivity contribution in [3.05, 3.63) is 20.9 Å². The average Bonchev–Trinajstić information content (AvgIpc) is 2.80. The quantitative estimate of drug-likeness (QED) is 0.821.